The van der Waals surface area contributed by atoms with E-state index in [0.717, 1.165) is 5.69 Å². The summed E-state index contributed by atoms with van der Waals surface area (Å²) in [4.78, 5) is 12.4. The molecule has 15 heavy (non-hydrogen) atoms. The third-order valence-corrected chi connectivity index (χ3v) is 2.50. The molecule has 1 aromatic rings. The van der Waals surface area contributed by atoms with Gasteiger partial charge in [0, 0.05) is 19.3 Å². The SMILES string of the molecule is Cc1ccc(N(C)CC(Cl)C(=O)O)cc1. The molecule has 0 saturated heterocycles. The molecule has 0 aliphatic rings. The van der Waals surface area contributed by atoms with Gasteiger partial charge in [0.1, 0.15) is 5.38 Å². The van der Waals surface area contributed by atoms with Gasteiger partial charge in [-0.05, 0) is 19.1 Å². The zero-order chi connectivity index (χ0) is 11.4. The van der Waals surface area contributed by atoms with Gasteiger partial charge in [-0.1, -0.05) is 17.7 Å². The van der Waals surface area contributed by atoms with Gasteiger partial charge < -0.3 is 10.0 Å². The van der Waals surface area contributed by atoms with Crippen molar-refractivity contribution in [1.82, 2.24) is 0 Å². The van der Waals surface area contributed by atoms with E-state index in [4.69, 9.17) is 16.7 Å². The summed E-state index contributed by atoms with van der Waals surface area (Å²) in [6.45, 7) is 2.30. The summed E-state index contributed by atoms with van der Waals surface area (Å²) >= 11 is 5.65. The zero-order valence-corrected chi connectivity index (χ0v) is 9.53. The molecule has 4 heteroatoms. The summed E-state index contributed by atoms with van der Waals surface area (Å²) in [5.74, 6) is -0.990. The number of anilines is 1. The fourth-order valence-electron chi connectivity index (χ4n) is 1.22. The predicted octanol–water partition coefficient (Wildman–Crippen LogP) is 2.12. The van der Waals surface area contributed by atoms with Crippen molar-refractivity contribution in [3.8, 4) is 0 Å². The number of rotatable bonds is 4. The van der Waals surface area contributed by atoms with E-state index < -0.39 is 11.3 Å². The number of aliphatic carboxylic acids is 1. The van der Waals surface area contributed by atoms with E-state index in [1.165, 1.54) is 5.56 Å². The van der Waals surface area contributed by atoms with Crippen molar-refractivity contribution in [3.05, 3.63) is 29.8 Å². The van der Waals surface area contributed by atoms with Crippen LogP contribution in [-0.4, -0.2) is 30.0 Å². The van der Waals surface area contributed by atoms with E-state index in [0.29, 0.717) is 6.54 Å². The van der Waals surface area contributed by atoms with Crippen LogP contribution < -0.4 is 4.90 Å². The van der Waals surface area contributed by atoms with Gasteiger partial charge in [-0.3, -0.25) is 4.79 Å². The average Bonchev–Trinajstić information content (AvgIpc) is 2.18. The highest BCUT2D eigenvalue weighted by Crippen LogP contribution is 2.14. The second kappa shape index (κ2) is 5.03. The first-order valence-corrected chi connectivity index (χ1v) is 5.09. The minimum Gasteiger partial charge on any atom is -0.480 e. The van der Waals surface area contributed by atoms with Gasteiger partial charge in [0.15, 0.2) is 0 Å². The molecule has 1 aromatic carbocycles. The summed E-state index contributed by atoms with van der Waals surface area (Å²) in [7, 11) is 1.82. The minimum atomic E-state index is -0.990. The highest BCUT2D eigenvalue weighted by Gasteiger charge is 2.15. The minimum absolute atomic E-state index is 0.292. The normalized spacial score (nSPS) is 12.2. The molecule has 3 nitrogen and oxygen atoms in total. The lowest BCUT2D eigenvalue weighted by Gasteiger charge is -2.20. The third kappa shape index (κ3) is 3.44. The Bertz CT molecular complexity index is 337. The lowest BCUT2D eigenvalue weighted by atomic mass is 10.2. The highest BCUT2D eigenvalue weighted by molar-refractivity contribution is 6.30. The molecule has 1 atom stereocenters. The number of alkyl halides is 1. The maximum absolute atomic E-state index is 10.6. The first-order chi connectivity index (χ1) is 7.00. The van der Waals surface area contributed by atoms with Crippen LogP contribution in [0, 0.1) is 6.92 Å². The molecule has 1 unspecified atom stereocenters. The van der Waals surface area contributed by atoms with Crippen LogP contribution in [0.5, 0.6) is 0 Å². The molecule has 1 rings (SSSR count). The number of halogens is 1. The fourth-order valence-corrected chi connectivity index (χ4v) is 1.43. The lowest BCUT2D eigenvalue weighted by molar-refractivity contribution is -0.136. The molecule has 1 N–H and O–H groups in total. The topological polar surface area (TPSA) is 40.5 Å². The van der Waals surface area contributed by atoms with E-state index in [1.807, 2.05) is 43.1 Å². The summed E-state index contributed by atoms with van der Waals surface area (Å²) in [6, 6.07) is 7.85. The molecule has 0 spiro atoms. The van der Waals surface area contributed by atoms with Crippen molar-refractivity contribution in [3.63, 3.8) is 0 Å². The van der Waals surface area contributed by atoms with Gasteiger partial charge in [-0.25, -0.2) is 0 Å². The summed E-state index contributed by atoms with van der Waals surface area (Å²) in [5.41, 5.74) is 2.14. The maximum Gasteiger partial charge on any atom is 0.323 e. The lowest BCUT2D eigenvalue weighted by Crippen LogP contribution is -2.30. The van der Waals surface area contributed by atoms with E-state index in [2.05, 4.69) is 0 Å². The molecule has 0 radical (unpaired) electrons. The van der Waals surface area contributed by atoms with Crippen LogP contribution in [0.2, 0.25) is 0 Å². The number of nitrogens with zero attached hydrogens (tertiary/aromatic N) is 1. The van der Waals surface area contributed by atoms with Crippen molar-refractivity contribution in [2.24, 2.45) is 0 Å². The van der Waals surface area contributed by atoms with Crippen molar-refractivity contribution in [2.45, 2.75) is 12.3 Å². The Morgan fingerprint density at radius 1 is 1.47 bits per heavy atom. The largest absolute Gasteiger partial charge is 0.480 e. The number of hydrogen-bond donors (Lipinski definition) is 1. The van der Waals surface area contributed by atoms with Crippen LogP contribution in [0.15, 0.2) is 24.3 Å². The Kier molecular flexibility index (Phi) is 3.97. The molecule has 82 valence electrons. The van der Waals surface area contributed by atoms with E-state index in [1.54, 1.807) is 0 Å². The first-order valence-electron chi connectivity index (χ1n) is 4.65. The molecule has 0 aliphatic heterocycles. The van der Waals surface area contributed by atoms with Crippen molar-refractivity contribution in [1.29, 1.82) is 0 Å². The Morgan fingerprint density at radius 2 is 2.00 bits per heavy atom. The second-order valence-corrected chi connectivity index (χ2v) is 4.05. The molecule has 0 saturated carbocycles. The van der Waals surface area contributed by atoms with Crippen molar-refractivity contribution < 1.29 is 9.90 Å². The van der Waals surface area contributed by atoms with Gasteiger partial charge in [0.05, 0.1) is 0 Å². The van der Waals surface area contributed by atoms with Crippen molar-refractivity contribution >= 4 is 23.3 Å². The Labute approximate surface area is 94.3 Å². The summed E-state index contributed by atoms with van der Waals surface area (Å²) < 4.78 is 0. The Morgan fingerprint density at radius 3 is 2.47 bits per heavy atom. The molecule has 0 heterocycles. The number of hydrogen-bond acceptors (Lipinski definition) is 2. The highest BCUT2D eigenvalue weighted by atomic mass is 35.5. The number of carbonyl (C=O) groups is 1. The predicted molar refractivity (Wildman–Crippen MR) is 61.7 cm³/mol. The number of aryl methyl sites for hydroxylation is 1. The zero-order valence-electron chi connectivity index (χ0n) is 8.77. The third-order valence-electron chi connectivity index (χ3n) is 2.18. The average molecular weight is 228 g/mol. The summed E-state index contributed by atoms with van der Waals surface area (Å²) in [6.07, 6.45) is 0. The quantitative estimate of drug-likeness (QED) is 0.802. The standard InChI is InChI=1S/C11H14ClNO2/c1-8-3-5-9(6-4-8)13(2)7-10(12)11(14)15/h3-6,10H,7H2,1-2H3,(H,14,15). The Balaban J connectivity index is 2.64. The monoisotopic (exact) mass is 227 g/mol. The molecular formula is C11H14ClNO2. The molecule has 0 amide bonds. The summed E-state index contributed by atoms with van der Waals surface area (Å²) in [5, 5.41) is 7.78. The number of carboxylic acids is 1. The van der Waals surface area contributed by atoms with E-state index >= 15 is 0 Å². The van der Waals surface area contributed by atoms with Gasteiger partial charge >= 0.3 is 5.97 Å². The number of benzene rings is 1. The van der Waals surface area contributed by atoms with Gasteiger partial charge in [0.2, 0.25) is 0 Å². The van der Waals surface area contributed by atoms with Crippen molar-refractivity contribution in [2.75, 3.05) is 18.5 Å². The second-order valence-electron chi connectivity index (χ2n) is 3.52. The Hall–Kier alpha value is -1.22. The number of carboxylic acid groups (broad SMARTS) is 1. The van der Waals surface area contributed by atoms with Crippen LogP contribution in [0.25, 0.3) is 0 Å². The van der Waals surface area contributed by atoms with Crippen LogP contribution in [0.4, 0.5) is 5.69 Å². The van der Waals surface area contributed by atoms with Crippen LogP contribution >= 0.6 is 11.6 Å². The van der Waals surface area contributed by atoms with Gasteiger partial charge in [-0.2, -0.15) is 0 Å². The van der Waals surface area contributed by atoms with Gasteiger partial charge in [-0.15, -0.1) is 11.6 Å². The van der Waals surface area contributed by atoms with Crippen LogP contribution in [0.3, 0.4) is 0 Å². The fraction of sp³-hybridized carbons (Fsp3) is 0.364. The molecular weight excluding hydrogens is 214 g/mol. The van der Waals surface area contributed by atoms with Crippen LogP contribution in [-0.2, 0) is 4.79 Å². The van der Waals surface area contributed by atoms with Gasteiger partial charge in [0.25, 0.3) is 0 Å². The van der Waals surface area contributed by atoms with E-state index in [-0.39, 0.29) is 0 Å². The first kappa shape index (κ1) is 11.9. The van der Waals surface area contributed by atoms with Crippen LogP contribution in [0.1, 0.15) is 5.56 Å². The van der Waals surface area contributed by atoms with E-state index in [9.17, 15) is 4.79 Å². The molecule has 0 aliphatic carbocycles. The molecule has 0 bridgehead atoms. The smallest absolute Gasteiger partial charge is 0.323 e. The molecule has 0 fully saturated rings. The molecule has 0 aromatic heterocycles. The maximum atomic E-state index is 10.6.